The minimum absolute atomic E-state index is 0.0166. The van der Waals surface area contributed by atoms with Crippen molar-refractivity contribution in [2.24, 2.45) is 0 Å². The molecule has 0 radical (unpaired) electrons. The molecule has 0 fully saturated rings. The van der Waals surface area contributed by atoms with Crippen LogP contribution in [0.3, 0.4) is 0 Å². The van der Waals surface area contributed by atoms with Crippen LogP contribution in [0.1, 0.15) is 15.2 Å². The molecule has 0 spiro atoms. The van der Waals surface area contributed by atoms with Crippen LogP contribution in [0.15, 0.2) is 51.7 Å². The number of carbonyl (C=O) groups is 1. The van der Waals surface area contributed by atoms with E-state index in [4.69, 9.17) is 16.0 Å². The van der Waals surface area contributed by atoms with E-state index in [1.54, 1.807) is 24.3 Å². The lowest BCUT2D eigenvalue weighted by molar-refractivity contribution is 0.0950. The van der Waals surface area contributed by atoms with Crippen molar-refractivity contribution in [3.63, 3.8) is 0 Å². The monoisotopic (exact) mass is 333 g/mol. The molecule has 4 nitrogen and oxygen atoms in total. The van der Waals surface area contributed by atoms with Gasteiger partial charge in [0.2, 0.25) is 0 Å². The average Bonchev–Trinajstić information content (AvgIpc) is 2.92. The second kappa shape index (κ2) is 6.34. The lowest BCUT2D eigenvalue weighted by Gasteiger charge is -2.04. The standard InChI is InChI=1S/C16H12ClNO3S/c17-14-6-5-11(22-14)7-8-18-15(19)12-9-10-3-1-2-4-13(10)21-16(12)20/h1-6,9H,7-8H2,(H,18,19). The summed E-state index contributed by atoms with van der Waals surface area (Å²) in [6.07, 6.45) is 0.669. The van der Waals surface area contributed by atoms with Gasteiger partial charge < -0.3 is 9.73 Å². The molecule has 6 heteroatoms. The highest BCUT2D eigenvalue weighted by atomic mass is 35.5. The summed E-state index contributed by atoms with van der Waals surface area (Å²) in [5.41, 5.74) is -0.143. The van der Waals surface area contributed by atoms with Gasteiger partial charge in [-0.05, 0) is 30.7 Å². The minimum atomic E-state index is -0.629. The first-order valence-electron chi connectivity index (χ1n) is 6.69. The Labute approximate surface area is 135 Å². The Morgan fingerprint density at radius 1 is 1.23 bits per heavy atom. The van der Waals surface area contributed by atoms with Crippen LogP contribution >= 0.6 is 22.9 Å². The van der Waals surface area contributed by atoms with Gasteiger partial charge >= 0.3 is 5.63 Å². The zero-order valence-corrected chi connectivity index (χ0v) is 13.0. The van der Waals surface area contributed by atoms with Crippen molar-refractivity contribution in [1.29, 1.82) is 0 Å². The first-order chi connectivity index (χ1) is 10.6. The number of hydrogen-bond donors (Lipinski definition) is 1. The Bertz CT molecular complexity index is 884. The number of fused-ring (bicyclic) bond motifs is 1. The van der Waals surface area contributed by atoms with Crippen LogP contribution in [-0.4, -0.2) is 12.5 Å². The molecule has 1 N–H and O–H groups in total. The molecule has 0 aliphatic rings. The van der Waals surface area contributed by atoms with Crippen LogP contribution in [-0.2, 0) is 6.42 Å². The number of nitrogens with one attached hydrogen (secondary N) is 1. The van der Waals surface area contributed by atoms with Crippen molar-refractivity contribution in [1.82, 2.24) is 5.32 Å². The number of halogens is 1. The fraction of sp³-hybridized carbons (Fsp3) is 0.125. The topological polar surface area (TPSA) is 59.3 Å². The van der Waals surface area contributed by atoms with Crippen molar-refractivity contribution in [3.8, 4) is 0 Å². The maximum absolute atomic E-state index is 12.1. The van der Waals surface area contributed by atoms with E-state index < -0.39 is 11.5 Å². The Balaban J connectivity index is 1.72. The van der Waals surface area contributed by atoms with Crippen LogP contribution < -0.4 is 10.9 Å². The third-order valence-electron chi connectivity index (χ3n) is 3.17. The van der Waals surface area contributed by atoms with Gasteiger partial charge in [0, 0.05) is 16.8 Å². The van der Waals surface area contributed by atoms with E-state index in [1.165, 1.54) is 11.3 Å². The lowest BCUT2D eigenvalue weighted by atomic mass is 10.2. The lowest BCUT2D eigenvalue weighted by Crippen LogP contribution is -2.29. The van der Waals surface area contributed by atoms with Crippen molar-refractivity contribution < 1.29 is 9.21 Å². The minimum Gasteiger partial charge on any atom is -0.422 e. The van der Waals surface area contributed by atoms with E-state index in [-0.39, 0.29) is 5.56 Å². The Morgan fingerprint density at radius 2 is 2.05 bits per heavy atom. The van der Waals surface area contributed by atoms with Gasteiger partial charge in [0.25, 0.3) is 5.91 Å². The first kappa shape index (κ1) is 14.8. The fourth-order valence-corrected chi connectivity index (χ4v) is 3.19. The Hall–Kier alpha value is -2.11. The molecule has 1 amide bonds. The van der Waals surface area contributed by atoms with E-state index in [2.05, 4.69) is 5.32 Å². The fourth-order valence-electron chi connectivity index (χ4n) is 2.10. The highest BCUT2D eigenvalue weighted by Crippen LogP contribution is 2.21. The molecule has 0 saturated carbocycles. The zero-order valence-electron chi connectivity index (χ0n) is 11.5. The van der Waals surface area contributed by atoms with Gasteiger partial charge in [0.05, 0.1) is 4.34 Å². The van der Waals surface area contributed by atoms with Crippen molar-refractivity contribution >= 4 is 39.8 Å². The summed E-state index contributed by atoms with van der Waals surface area (Å²) in [6.45, 7) is 0.432. The Kier molecular flexibility index (Phi) is 4.27. The summed E-state index contributed by atoms with van der Waals surface area (Å²) < 4.78 is 5.87. The van der Waals surface area contributed by atoms with E-state index in [0.29, 0.717) is 18.5 Å². The van der Waals surface area contributed by atoms with E-state index >= 15 is 0 Å². The third kappa shape index (κ3) is 3.21. The number of hydrogen-bond acceptors (Lipinski definition) is 4. The van der Waals surface area contributed by atoms with Crippen molar-refractivity contribution in [3.05, 3.63) is 67.7 Å². The molecule has 0 aliphatic carbocycles. The molecule has 0 saturated heterocycles. The number of amides is 1. The molecule has 3 rings (SSSR count). The predicted octanol–water partition coefficient (Wildman–Crippen LogP) is 3.48. The SMILES string of the molecule is O=C(NCCc1ccc(Cl)s1)c1cc2ccccc2oc1=O. The van der Waals surface area contributed by atoms with Gasteiger partial charge in [0.15, 0.2) is 0 Å². The van der Waals surface area contributed by atoms with Gasteiger partial charge in [0.1, 0.15) is 11.1 Å². The highest BCUT2D eigenvalue weighted by molar-refractivity contribution is 7.16. The predicted molar refractivity (Wildman–Crippen MR) is 87.9 cm³/mol. The zero-order chi connectivity index (χ0) is 15.5. The molecule has 2 heterocycles. The average molecular weight is 334 g/mol. The quantitative estimate of drug-likeness (QED) is 0.744. The molecule has 22 heavy (non-hydrogen) atoms. The van der Waals surface area contributed by atoms with Crippen LogP contribution in [0.5, 0.6) is 0 Å². The van der Waals surface area contributed by atoms with Gasteiger partial charge in [-0.3, -0.25) is 4.79 Å². The molecule has 3 aromatic rings. The Morgan fingerprint density at radius 3 is 2.82 bits per heavy atom. The van der Waals surface area contributed by atoms with Crippen LogP contribution in [0, 0.1) is 0 Å². The molecule has 112 valence electrons. The maximum atomic E-state index is 12.1. The molecular weight excluding hydrogens is 322 g/mol. The van der Waals surface area contributed by atoms with Crippen LogP contribution in [0.25, 0.3) is 11.0 Å². The van der Waals surface area contributed by atoms with Crippen LogP contribution in [0.2, 0.25) is 4.34 Å². The summed E-state index contributed by atoms with van der Waals surface area (Å²) in [4.78, 5) is 25.1. The first-order valence-corrected chi connectivity index (χ1v) is 7.88. The number of benzene rings is 1. The normalized spacial score (nSPS) is 10.8. The third-order valence-corrected chi connectivity index (χ3v) is 4.46. The van der Waals surface area contributed by atoms with Gasteiger partial charge in [-0.25, -0.2) is 4.79 Å². The van der Waals surface area contributed by atoms with Gasteiger partial charge in [-0.2, -0.15) is 0 Å². The van der Waals surface area contributed by atoms with Crippen molar-refractivity contribution in [2.75, 3.05) is 6.54 Å². The second-order valence-corrected chi connectivity index (χ2v) is 6.50. The molecule has 1 aromatic carbocycles. The van der Waals surface area contributed by atoms with E-state index in [0.717, 1.165) is 14.6 Å². The smallest absolute Gasteiger partial charge is 0.349 e. The summed E-state index contributed by atoms with van der Waals surface area (Å²) in [5, 5.41) is 3.45. The molecule has 2 aromatic heterocycles. The summed E-state index contributed by atoms with van der Waals surface area (Å²) in [5.74, 6) is -0.429. The van der Waals surface area contributed by atoms with Crippen LogP contribution in [0.4, 0.5) is 0 Å². The summed E-state index contributed by atoms with van der Waals surface area (Å²) >= 11 is 7.33. The molecular formula is C16H12ClNO3S. The number of carbonyl (C=O) groups excluding carboxylic acids is 1. The maximum Gasteiger partial charge on any atom is 0.349 e. The summed E-state index contributed by atoms with van der Waals surface area (Å²) in [6, 6.07) is 12.4. The van der Waals surface area contributed by atoms with Gasteiger partial charge in [-0.1, -0.05) is 29.8 Å². The molecule has 0 atom stereocenters. The molecule has 0 unspecified atom stereocenters. The highest BCUT2D eigenvalue weighted by Gasteiger charge is 2.13. The van der Waals surface area contributed by atoms with E-state index in [1.807, 2.05) is 18.2 Å². The van der Waals surface area contributed by atoms with E-state index in [9.17, 15) is 9.59 Å². The number of rotatable bonds is 4. The summed E-state index contributed by atoms with van der Waals surface area (Å²) in [7, 11) is 0. The largest absolute Gasteiger partial charge is 0.422 e. The number of thiophene rings is 1. The number of para-hydroxylation sites is 1. The van der Waals surface area contributed by atoms with Crippen molar-refractivity contribution in [2.45, 2.75) is 6.42 Å². The van der Waals surface area contributed by atoms with Gasteiger partial charge in [-0.15, -0.1) is 11.3 Å². The second-order valence-electron chi connectivity index (χ2n) is 4.70. The molecule has 0 aliphatic heterocycles. The molecule has 0 bridgehead atoms.